The molecule has 1 heterocycles. The molecule has 1 aliphatic rings. The molecule has 2 N–H and O–H groups in total. The molecule has 228 valence electrons. The lowest BCUT2D eigenvalue weighted by molar-refractivity contribution is -0.151. The predicted octanol–water partition coefficient (Wildman–Crippen LogP) is 6.02. The first-order chi connectivity index (χ1) is 19.3. The van der Waals surface area contributed by atoms with Crippen molar-refractivity contribution in [1.82, 2.24) is 10.6 Å². The Balaban J connectivity index is 2.68. The van der Waals surface area contributed by atoms with Gasteiger partial charge in [-0.05, 0) is 51.3 Å². The number of methoxy groups -OCH3 is 1. The normalized spacial score (nSPS) is 19.2. The van der Waals surface area contributed by atoms with Crippen LogP contribution in [0.5, 0.6) is 0 Å². The van der Waals surface area contributed by atoms with Gasteiger partial charge in [-0.3, -0.25) is 9.59 Å². The summed E-state index contributed by atoms with van der Waals surface area (Å²) in [7, 11) is 1.44. The Hall–Kier alpha value is -3.10. The molecule has 0 spiro atoms. The summed E-state index contributed by atoms with van der Waals surface area (Å²) in [6.07, 6.45) is 17.3. The molecule has 0 aromatic carbocycles. The van der Waals surface area contributed by atoms with Gasteiger partial charge in [0.15, 0.2) is 5.76 Å². The van der Waals surface area contributed by atoms with E-state index in [0.29, 0.717) is 30.9 Å². The van der Waals surface area contributed by atoms with Crippen LogP contribution in [0.2, 0.25) is 0 Å². The molecule has 0 bridgehead atoms. The summed E-state index contributed by atoms with van der Waals surface area (Å²) in [5, 5.41) is 6.29. The Labute approximate surface area is 250 Å². The van der Waals surface area contributed by atoms with Gasteiger partial charge >= 0.3 is 5.97 Å². The Kier molecular flexibility index (Phi) is 16.1. The average Bonchev–Trinajstić information content (AvgIpc) is 2.89. The summed E-state index contributed by atoms with van der Waals surface area (Å²) in [5.41, 5.74) is 0.449. The quantitative estimate of drug-likeness (QED) is 0.137. The minimum Gasteiger partial charge on any atom is -0.490 e. The van der Waals surface area contributed by atoms with Gasteiger partial charge in [0.25, 0.3) is 0 Å². The van der Waals surface area contributed by atoms with Crippen LogP contribution >= 0.6 is 11.6 Å². The zero-order chi connectivity index (χ0) is 31.0. The highest BCUT2D eigenvalue weighted by molar-refractivity contribution is 6.29. The lowest BCUT2D eigenvalue weighted by Crippen LogP contribution is -2.52. The summed E-state index contributed by atoms with van der Waals surface area (Å²) in [6, 6.07) is -0.744. The topological polar surface area (TPSA) is 103 Å². The van der Waals surface area contributed by atoms with Gasteiger partial charge in [0, 0.05) is 30.1 Å². The molecule has 4 atom stereocenters. The second-order valence-electron chi connectivity index (χ2n) is 11.0. The molecule has 0 saturated heterocycles. The second-order valence-corrected chi connectivity index (χ2v) is 11.6. The third-order valence-electron chi connectivity index (χ3n) is 6.27. The van der Waals surface area contributed by atoms with Crippen LogP contribution in [0.3, 0.4) is 0 Å². The van der Waals surface area contributed by atoms with Gasteiger partial charge in [0.1, 0.15) is 12.1 Å². The van der Waals surface area contributed by atoms with Crippen molar-refractivity contribution in [3.63, 3.8) is 0 Å². The number of rotatable bonds is 15. The van der Waals surface area contributed by atoms with E-state index in [1.807, 2.05) is 72.8 Å². The zero-order valence-electron chi connectivity index (χ0n) is 25.7. The van der Waals surface area contributed by atoms with Crippen LogP contribution in [0.4, 0.5) is 0 Å². The highest BCUT2D eigenvalue weighted by atomic mass is 35.5. The predicted molar refractivity (Wildman–Crippen MR) is 164 cm³/mol. The maximum atomic E-state index is 12.9. The number of allylic oxidation sites excluding steroid dienone is 5. The number of hydrogen-bond acceptors (Lipinski definition) is 6. The van der Waals surface area contributed by atoms with Crippen LogP contribution in [0.15, 0.2) is 71.2 Å². The molecule has 0 aromatic rings. The van der Waals surface area contributed by atoms with Gasteiger partial charge in [-0.2, -0.15) is 0 Å². The summed E-state index contributed by atoms with van der Waals surface area (Å²) in [6.45, 7) is 13.9. The molecule has 0 fully saturated rings. The third-order valence-corrected chi connectivity index (χ3v) is 6.42. The number of hydrogen-bond donors (Lipinski definition) is 2. The van der Waals surface area contributed by atoms with Gasteiger partial charge in [-0.25, -0.2) is 4.79 Å². The largest absolute Gasteiger partial charge is 0.490 e. The first kappa shape index (κ1) is 35.9. The van der Waals surface area contributed by atoms with Crippen molar-refractivity contribution < 1.29 is 28.6 Å². The molecule has 1 rings (SSSR count). The number of nitrogens with one attached hydrogen (secondary N) is 2. The monoisotopic (exact) mass is 590 g/mol. The van der Waals surface area contributed by atoms with Gasteiger partial charge in [0.05, 0.1) is 13.2 Å². The molecule has 0 aromatic heterocycles. The minimum atomic E-state index is -0.744. The van der Waals surface area contributed by atoms with E-state index < -0.39 is 17.4 Å². The summed E-state index contributed by atoms with van der Waals surface area (Å²) >= 11 is 5.92. The maximum absolute atomic E-state index is 12.9. The molecule has 9 heteroatoms. The Morgan fingerprint density at radius 2 is 1.88 bits per heavy atom. The van der Waals surface area contributed by atoms with Crippen LogP contribution in [0.25, 0.3) is 0 Å². The number of carbonyl (C=O) groups is 3. The number of halogens is 1. The lowest BCUT2D eigenvalue weighted by atomic mass is 9.86. The van der Waals surface area contributed by atoms with Crippen molar-refractivity contribution in [1.29, 1.82) is 0 Å². The van der Waals surface area contributed by atoms with E-state index in [1.54, 1.807) is 24.4 Å². The summed E-state index contributed by atoms with van der Waals surface area (Å²) < 4.78 is 16.1. The molecule has 8 nitrogen and oxygen atoms in total. The Morgan fingerprint density at radius 1 is 1.20 bits per heavy atom. The van der Waals surface area contributed by atoms with Crippen molar-refractivity contribution in [3.05, 3.63) is 71.2 Å². The van der Waals surface area contributed by atoms with E-state index in [4.69, 9.17) is 25.8 Å². The van der Waals surface area contributed by atoms with Crippen LogP contribution in [-0.2, 0) is 28.6 Å². The van der Waals surface area contributed by atoms with E-state index in [2.05, 4.69) is 10.6 Å². The molecule has 41 heavy (non-hydrogen) atoms. The Morgan fingerprint density at radius 3 is 2.46 bits per heavy atom. The number of ether oxygens (including phenoxy) is 3. The van der Waals surface area contributed by atoms with Crippen LogP contribution < -0.4 is 10.6 Å². The first-order valence-electron chi connectivity index (χ1n) is 14.0. The molecule has 2 amide bonds. The number of esters is 1. The number of cyclic esters (lactones) is 1. The van der Waals surface area contributed by atoms with Gasteiger partial charge in [-0.1, -0.05) is 81.3 Å². The van der Waals surface area contributed by atoms with Crippen LogP contribution in [0.1, 0.15) is 67.7 Å². The van der Waals surface area contributed by atoms with Crippen molar-refractivity contribution in [2.45, 2.75) is 86.0 Å². The van der Waals surface area contributed by atoms with Crippen molar-refractivity contribution >= 4 is 29.4 Å². The zero-order valence-corrected chi connectivity index (χ0v) is 26.4. The van der Waals surface area contributed by atoms with E-state index in [1.165, 1.54) is 13.2 Å². The van der Waals surface area contributed by atoms with Crippen molar-refractivity contribution in [2.75, 3.05) is 13.7 Å². The van der Waals surface area contributed by atoms with Crippen LogP contribution in [0, 0.1) is 11.3 Å². The summed E-state index contributed by atoms with van der Waals surface area (Å²) in [5.74, 6) is -0.900. The number of amides is 2. The first-order valence-corrected chi connectivity index (χ1v) is 14.3. The average molecular weight is 591 g/mol. The fourth-order valence-corrected chi connectivity index (χ4v) is 4.13. The molecular formula is C32H47ClN2O6. The van der Waals surface area contributed by atoms with Gasteiger partial charge in [0.2, 0.25) is 11.8 Å². The molecule has 1 aliphatic heterocycles. The van der Waals surface area contributed by atoms with Gasteiger partial charge in [-0.15, -0.1) is 0 Å². The van der Waals surface area contributed by atoms with Crippen molar-refractivity contribution in [2.24, 2.45) is 11.3 Å². The maximum Gasteiger partial charge on any atom is 0.373 e. The van der Waals surface area contributed by atoms with E-state index in [-0.39, 0.29) is 35.7 Å². The highest BCUT2D eigenvalue weighted by Crippen LogP contribution is 2.23. The third kappa shape index (κ3) is 14.4. The minimum absolute atomic E-state index is 0.00220. The fourth-order valence-electron chi connectivity index (χ4n) is 4.04. The van der Waals surface area contributed by atoms with E-state index in [9.17, 15) is 14.4 Å². The second kappa shape index (κ2) is 18.4. The lowest BCUT2D eigenvalue weighted by Gasteiger charge is -2.29. The van der Waals surface area contributed by atoms with Gasteiger partial charge < -0.3 is 24.8 Å². The SMILES string of the molecule is CCO[C@H](C/C=C\NC(=O)[C@@H](NC(=O)/C=C/C=C/C(C)=C/[C@H](C)[C@@H]1CC=C(OC)C(=O)O1)C(C)(C)C)C/C=C(\C)Cl. The number of carbonyl (C=O) groups excluding carboxylic acids is 3. The smallest absolute Gasteiger partial charge is 0.373 e. The molecule has 0 saturated carbocycles. The Bertz CT molecular complexity index is 1060. The molecular weight excluding hydrogens is 544 g/mol. The molecule has 0 unspecified atom stereocenters. The molecule has 0 aliphatic carbocycles. The highest BCUT2D eigenvalue weighted by Gasteiger charge is 2.32. The standard InChI is InChI=1S/C32H47ClN2O6/c1-9-40-25(17-16-24(4)33)14-12-20-34-30(37)29(32(5,6)7)35-28(36)15-11-10-13-22(2)21-23(3)26-18-19-27(39-8)31(38)41-26/h10-13,15-16,19-21,23,25-26,29H,9,14,17-18H2,1-8H3,(H,34,37)(H,35,36)/b13-10+,15-11+,20-12-,22-21+,24-16+/t23-,25+,26-,29+/m0/s1. The van der Waals surface area contributed by atoms with E-state index >= 15 is 0 Å². The van der Waals surface area contributed by atoms with Crippen molar-refractivity contribution in [3.8, 4) is 0 Å². The molecule has 0 radical (unpaired) electrons. The van der Waals surface area contributed by atoms with Crippen LogP contribution in [-0.4, -0.2) is 49.8 Å². The summed E-state index contributed by atoms with van der Waals surface area (Å²) in [4.78, 5) is 37.4. The van der Waals surface area contributed by atoms with E-state index in [0.717, 1.165) is 5.57 Å². The fraction of sp³-hybridized carbons (Fsp3) is 0.531.